The summed E-state index contributed by atoms with van der Waals surface area (Å²) in [6.45, 7) is 0.0354. The predicted octanol–water partition coefficient (Wildman–Crippen LogP) is -0.0818. The van der Waals surface area contributed by atoms with Gasteiger partial charge < -0.3 is 14.6 Å². The van der Waals surface area contributed by atoms with E-state index in [9.17, 15) is 24.5 Å². The predicted molar refractivity (Wildman–Crippen MR) is 67.3 cm³/mol. The zero-order chi connectivity index (χ0) is 15.3. The number of methoxy groups -OCH3 is 1. The molecular formula is C11H13N3O6. The maximum Gasteiger partial charge on any atom is 0.307 e. The van der Waals surface area contributed by atoms with Crippen LogP contribution in [0.5, 0.6) is 0 Å². The first-order valence-electron chi connectivity index (χ1n) is 5.56. The SMILES string of the molecule is COC(=O)CCN(C)C(=O)c1cc([N+](=O)[O-])c[nH]c1=O. The first-order valence-corrected chi connectivity index (χ1v) is 5.56. The second-order valence-corrected chi connectivity index (χ2v) is 3.91. The molecule has 0 aromatic carbocycles. The quantitative estimate of drug-likeness (QED) is 0.458. The van der Waals surface area contributed by atoms with Crippen LogP contribution in [0.3, 0.4) is 0 Å². The number of carbonyl (C=O) groups excluding carboxylic acids is 2. The van der Waals surface area contributed by atoms with Crippen LogP contribution in [0.2, 0.25) is 0 Å². The standard InChI is InChI=1S/C11H13N3O6/c1-13(4-3-9(15)20-2)11(17)8-5-7(14(18)19)6-12-10(8)16/h5-6H,3-4H2,1-2H3,(H,12,16). The molecule has 9 nitrogen and oxygen atoms in total. The monoisotopic (exact) mass is 283 g/mol. The van der Waals surface area contributed by atoms with Gasteiger partial charge in [0.2, 0.25) is 0 Å². The van der Waals surface area contributed by atoms with Crippen LogP contribution in [0, 0.1) is 10.1 Å². The summed E-state index contributed by atoms with van der Waals surface area (Å²) in [5.41, 5.74) is -1.48. The number of nitro groups is 1. The molecule has 1 heterocycles. The minimum atomic E-state index is -0.731. The number of rotatable bonds is 5. The molecule has 0 aliphatic heterocycles. The number of nitrogens with one attached hydrogen (secondary N) is 1. The molecule has 0 saturated heterocycles. The van der Waals surface area contributed by atoms with Gasteiger partial charge in [-0.3, -0.25) is 24.5 Å². The highest BCUT2D eigenvalue weighted by Gasteiger charge is 2.19. The van der Waals surface area contributed by atoms with Gasteiger partial charge >= 0.3 is 5.97 Å². The number of aromatic nitrogens is 1. The highest BCUT2D eigenvalue weighted by Crippen LogP contribution is 2.09. The molecule has 0 radical (unpaired) electrons. The minimum absolute atomic E-state index is 0.0354. The summed E-state index contributed by atoms with van der Waals surface area (Å²) in [7, 11) is 2.60. The van der Waals surface area contributed by atoms with Gasteiger partial charge in [-0.25, -0.2) is 0 Å². The van der Waals surface area contributed by atoms with Crippen molar-refractivity contribution >= 4 is 17.6 Å². The zero-order valence-electron chi connectivity index (χ0n) is 10.9. The fourth-order valence-electron chi connectivity index (χ4n) is 1.40. The van der Waals surface area contributed by atoms with E-state index in [4.69, 9.17) is 0 Å². The largest absolute Gasteiger partial charge is 0.469 e. The van der Waals surface area contributed by atoms with Gasteiger partial charge in [-0.15, -0.1) is 0 Å². The molecule has 0 atom stereocenters. The third-order valence-electron chi connectivity index (χ3n) is 2.55. The highest BCUT2D eigenvalue weighted by atomic mass is 16.6. The second kappa shape index (κ2) is 6.45. The van der Waals surface area contributed by atoms with Crippen LogP contribution >= 0.6 is 0 Å². The number of carbonyl (C=O) groups is 2. The normalized spacial score (nSPS) is 9.90. The molecule has 0 fully saturated rings. The highest BCUT2D eigenvalue weighted by molar-refractivity contribution is 5.94. The number of aromatic amines is 1. The lowest BCUT2D eigenvalue weighted by molar-refractivity contribution is -0.385. The molecule has 1 N–H and O–H groups in total. The lowest BCUT2D eigenvalue weighted by Gasteiger charge is -2.15. The second-order valence-electron chi connectivity index (χ2n) is 3.91. The van der Waals surface area contributed by atoms with Gasteiger partial charge in [0.15, 0.2) is 0 Å². The Kier molecular flexibility index (Phi) is 4.95. The van der Waals surface area contributed by atoms with Crippen LogP contribution in [0.4, 0.5) is 5.69 Å². The van der Waals surface area contributed by atoms with E-state index in [1.54, 1.807) is 0 Å². The molecule has 108 valence electrons. The topological polar surface area (TPSA) is 123 Å². The molecule has 20 heavy (non-hydrogen) atoms. The van der Waals surface area contributed by atoms with Gasteiger partial charge in [0.1, 0.15) is 5.56 Å². The molecule has 0 spiro atoms. The van der Waals surface area contributed by atoms with Crippen molar-refractivity contribution in [1.82, 2.24) is 9.88 Å². The lowest BCUT2D eigenvalue weighted by atomic mass is 10.2. The van der Waals surface area contributed by atoms with Gasteiger partial charge in [-0.1, -0.05) is 0 Å². The van der Waals surface area contributed by atoms with Crippen molar-refractivity contribution in [2.24, 2.45) is 0 Å². The Balaban J connectivity index is 2.91. The van der Waals surface area contributed by atoms with Crippen molar-refractivity contribution in [2.75, 3.05) is 20.7 Å². The van der Waals surface area contributed by atoms with Crippen LogP contribution in [-0.4, -0.2) is 47.4 Å². The molecule has 1 amide bonds. The smallest absolute Gasteiger partial charge is 0.307 e. The zero-order valence-corrected chi connectivity index (χ0v) is 10.9. The van der Waals surface area contributed by atoms with Crippen molar-refractivity contribution in [3.05, 3.63) is 38.3 Å². The van der Waals surface area contributed by atoms with Crippen molar-refractivity contribution < 1.29 is 19.2 Å². The van der Waals surface area contributed by atoms with E-state index >= 15 is 0 Å². The molecule has 1 aromatic rings. The van der Waals surface area contributed by atoms with Crippen LogP contribution in [0.1, 0.15) is 16.8 Å². The molecule has 0 saturated carbocycles. The van der Waals surface area contributed by atoms with Crippen molar-refractivity contribution in [3.8, 4) is 0 Å². The maximum absolute atomic E-state index is 12.0. The number of nitrogens with zero attached hydrogens (tertiary/aromatic N) is 2. The van der Waals surface area contributed by atoms with Gasteiger partial charge in [-0.05, 0) is 0 Å². The van der Waals surface area contributed by atoms with E-state index in [-0.39, 0.29) is 18.5 Å². The molecule has 0 aliphatic rings. The van der Waals surface area contributed by atoms with Crippen LogP contribution in [0.15, 0.2) is 17.1 Å². The van der Waals surface area contributed by atoms with Crippen molar-refractivity contribution in [3.63, 3.8) is 0 Å². The average molecular weight is 283 g/mol. The summed E-state index contributed by atoms with van der Waals surface area (Å²) >= 11 is 0. The first-order chi connectivity index (χ1) is 9.36. The molecule has 9 heteroatoms. The van der Waals surface area contributed by atoms with Gasteiger partial charge in [0.05, 0.1) is 24.7 Å². The van der Waals surface area contributed by atoms with Crippen LogP contribution in [0.25, 0.3) is 0 Å². The van der Waals surface area contributed by atoms with Gasteiger partial charge in [-0.2, -0.15) is 0 Å². The number of esters is 1. The van der Waals surface area contributed by atoms with Gasteiger partial charge in [0.25, 0.3) is 17.2 Å². The average Bonchev–Trinajstić information content (AvgIpc) is 2.43. The molecular weight excluding hydrogens is 270 g/mol. The summed E-state index contributed by atoms with van der Waals surface area (Å²) in [6.07, 6.45) is 0.874. The molecule has 1 aromatic heterocycles. The molecule has 0 bridgehead atoms. The lowest BCUT2D eigenvalue weighted by Crippen LogP contribution is -2.33. The number of pyridine rings is 1. The summed E-state index contributed by atoms with van der Waals surface area (Å²) in [6, 6.07) is 0.899. The molecule has 0 unspecified atom stereocenters. The van der Waals surface area contributed by atoms with E-state index < -0.39 is 28.0 Å². The Morgan fingerprint density at radius 2 is 2.15 bits per heavy atom. The molecule has 0 aliphatic carbocycles. The van der Waals surface area contributed by atoms with Gasteiger partial charge in [0, 0.05) is 19.7 Å². The van der Waals surface area contributed by atoms with E-state index in [1.165, 1.54) is 14.2 Å². The first kappa shape index (κ1) is 15.3. The third kappa shape index (κ3) is 3.64. The number of H-pyrrole nitrogens is 1. The minimum Gasteiger partial charge on any atom is -0.469 e. The molecule has 1 rings (SSSR count). The van der Waals surface area contributed by atoms with Crippen molar-refractivity contribution in [2.45, 2.75) is 6.42 Å². The number of ether oxygens (including phenoxy) is 1. The summed E-state index contributed by atoms with van der Waals surface area (Å²) in [5, 5.41) is 10.6. The Hall–Kier alpha value is -2.71. The van der Waals surface area contributed by atoms with E-state index in [0.29, 0.717) is 0 Å². The maximum atomic E-state index is 12.0. The number of amides is 1. The Morgan fingerprint density at radius 1 is 1.50 bits per heavy atom. The Bertz CT molecular complexity index is 594. The Labute approximate surface area is 113 Å². The Morgan fingerprint density at radius 3 is 2.70 bits per heavy atom. The van der Waals surface area contributed by atoms with E-state index in [1.807, 2.05) is 0 Å². The van der Waals surface area contributed by atoms with E-state index in [2.05, 4.69) is 9.72 Å². The van der Waals surface area contributed by atoms with E-state index in [0.717, 1.165) is 17.2 Å². The third-order valence-corrected chi connectivity index (χ3v) is 2.55. The number of hydrogen-bond acceptors (Lipinski definition) is 6. The number of hydrogen-bond donors (Lipinski definition) is 1. The van der Waals surface area contributed by atoms with Crippen molar-refractivity contribution in [1.29, 1.82) is 0 Å². The van der Waals surface area contributed by atoms with Crippen LogP contribution < -0.4 is 5.56 Å². The summed E-state index contributed by atoms with van der Waals surface area (Å²) < 4.78 is 4.43. The summed E-state index contributed by atoms with van der Waals surface area (Å²) in [4.78, 5) is 47.6. The summed E-state index contributed by atoms with van der Waals surface area (Å²) in [5.74, 6) is -1.21. The fraction of sp³-hybridized carbons (Fsp3) is 0.364. The van der Waals surface area contributed by atoms with Crippen LogP contribution in [-0.2, 0) is 9.53 Å². The fourth-order valence-corrected chi connectivity index (χ4v) is 1.40.